The molecule has 1 aliphatic heterocycles. The molecule has 0 spiro atoms. The summed E-state index contributed by atoms with van der Waals surface area (Å²) in [5.41, 5.74) is 4.49. The van der Waals surface area contributed by atoms with Gasteiger partial charge in [-0.1, -0.05) is 6.92 Å². The smallest absolute Gasteiger partial charge is 0.276 e. The van der Waals surface area contributed by atoms with Crippen LogP contribution in [0.1, 0.15) is 41.8 Å². The van der Waals surface area contributed by atoms with E-state index in [0.717, 1.165) is 60.1 Å². The molecule has 1 aliphatic rings. The van der Waals surface area contributed by atoms with E-state index in [1.54, 1.807) is 18.7 Å². The summed E-state index contributed by atoms with van der Waals surface area (Å²) in [7, 11) is 3.37. The highest BCUT2D eigenvalue weighted by molar-refractivity contribution is 5.43. The van der Waals surface area contributed by atoms with Gasteiger partial charge in [-0.15, -0.1) is 0 Å². The Balaban J connectivity index is 1.55. The van der Waals surface area contributed by atoms with Crippen molar-refractivity contribution in [1.29, 1.82) is 0 Å². The molecule has 0 saturated carbocycles. The van der Waals surface area contributed by atoms with Crippen LogP contribution in [0.4, 0.5) is 0 Å². The third-order valence-corrected chi connectivity index (χ3v) is 5.88. The Morgan fingerprint density at radius 1 is 1.24 bits per heavy atom. The van der Waals surface area contributed by atoms with Crippen molar-refractivity contribution < 1.29 is 9.47 Å². The summed E-state index contributed by atoms with van der Waals surface area (Å²) in [4.78, 5) is 19.7. The zero-order valence-electron chi connectivity index (χ0n) is 17.5. The Hall–Kier alpha value is -2.80. The largest absolute Gasteiger partial charge is 0.497 e. The average molecular weight is 396 g/mol. The molecule has 1 fully saturated rings. The first-order valence-electron chi connectivity index (χ1n) is 10.1. The van der Waals surface area contributed by atoms with E-state index in [9.17, 15) is 4.79 Å². The molecule has 3 aromatic rings. The Morgan fingerprint density at radius 3 is 2.79 bits per heavy atom. The number of aromatic nitrogens is 3. The molecular formula is C22H28N4O3. The molecule has 0 aliphatic carbocycles. The van der Waals surface area contributed by atoms with E-state index in [4.69, 9.17) is 9.47 Å². The van der Waals surface area contributed by atoms with E-state index < -0.39 is 0 Å². The van der Waals surface area contributed by atoms with Gasteiger partial charge in [0.25, 0.3) is 5.56 Å². The van der Waals surface area contributed by atoms with E-state index in [-0.39, 0.29) is 5.56 Å². The van der Waals surface area contributed by atoms with Gasteiger partial charge in [-0.3, -0.25) is 14.8 Å². The lowest BCUT2D eigenvalue weighted by atomic mass is 10.1. The number of nitrogens with zero attached hydrogens (tertiary/aromatic N) is 3. The van der Waals surface area contributed by atoms with Crippen LogP contribution in [0.25, 0.3) is 5.65 Å². The number of benzene rings is 1. The van der Waals surface area contributed by atoms with Crippen LogP contribution in [0, 0.1) is 6.92 Å². The Labute approximate surface area is 170 Å². The quantitative estimate of drug-likeness (QED) is 0.694. The van der Waals surface area contributed by atoms with E-state index in [2.05, 4.69) is 15.0 Å². The number of likely N-dealkylation sites (tertiary alicyclic amines) is 1. The van der Waals surface area contributed by atoms with Crippen LogP contribution < -0.4 is 15.0 Å². The molecule has 0 unspecified atom stereocenters. The van der Waals surface area contributed by atoms with E-state index in [1.807, 2.05) is 38.1 Å². The maximum atomic E-state index is 12.7. The lowest BCUT2D eigenvalue weighted by Gasteiger charge is -2.18. The van der Waals surface area contributed by atoms with Crippen LogP contribution in [0.15, 0.2) is 29.1 Å². The number of hydrogen-bond donors (Lipinski definition) is 1. The number of fused-ring (bicyclic) bond motifs is 1. The predicted octanol–water partition coefficient (Wildman–Crippen LogP) is 2.90. The molecule has 1 atom stereocenters. The lowest BCUT2D eigenvalue weighted by Crippen LogP contribution is -2.22. The highest BCUT2D eigenvalue weighted by Gasteiger charge is 2.26. The SMILES string of the molecule is CCc1c(C)nc2cc([C@H]3CCN(Cc4cc(OC)ccc4OC)C3)[nH]n2c1=O. The van der Waals surface area contributed by atoms with Crippen molar-refractivity contribution in [2.75, 3.05) is 27.3 Å². The van der Waals surface area contributed by atoms with Crippen molar-refractivity contribution in [3.63, 3.8) is 0 Å². The third-order valence-electron chi connectivity index (χ3n) is 5.88. The van der Waals surface area contributed by atoms with Gasteiger partial charge >= 0.3 is 0 Å². The van der Waals surface area contributed by atoms with Gasteiger partial charge < -0.3 is 9.47 Å². The van der Waals surface area contributed by atoms with Gasteiger partial charge in [0.05, 0.1) is 14.2 Å². The summed E-state index contributed by atoms with van der Waals surface area (Å²) in [5, 5.41) is 3.30. The van der Waals surface area contributed by atoms with Crippen LogP contribution >= 0.6 is 0 Å². The van der Waals surface area contributed by atoms with Crippen LogP contribution in [-0.4, -0.2) is 46.8 Å². The monoisotopic (exact) mass is 396 g/mol. The summed E-state index contributed by atoms with van der Waals surface area (Å²) in [6, 6.07) is 7.92. The van der Waals surface area contributed by atoms with Crippen molar-refractivity contribution in [3.05, 3.63) is 57.1 Å². The fourth-order valence-electron chi connectivity index (χ4n) is 4.28. The summed E-state index contributed by atoms with van der Waals surface area (Å²) in [5.74, 6) is 2.05. The predicted molar refractivity (Wildman–Crippen MR) is 112 cm³/mol. The highest BCUT2D eigenvalue weighted by atomic mass is 16.5. The number of aromatic amines is 1. The topological polar surface area (TPSA) is 71.9 Å². The van der Waals surface area contributed by atoms with E-state index in [0.29, 0.717) is 18.0 Å². The number of nitrogens with one attached hydrogen (secondary N) is 1. The van der Waals surface area contributed by atoms with Crippen LogP contribution in [-0.2, 0) is 13.0 Å². The molecule has 3 heterocycles. The fraction of sp³-hybridized carbons (Fsp3) is 0.455. The second-order valence-corrected chi connectivity index (χ2v) is 7.64. The maximum Gasteiger partial charge on any atom is 0.276 e. The molecule has 2 aromatic heterocycles. The second kappa shape index (κ2) is 7.91. The standard InChI is InChI=1S/C22H28N4O3/c1-5-18-14(2)23-21-11-19(24-26(21)22(18)27)15-8-9-25(12-15)13-16-10-17(28-3)6-7-20(16)29-4/h6-7,10-11,15,24H,5,8-9,12-13H2,1-4H3/t15-/m0/s1. The van der Waals surface area contributed by atoms with Crippen molar-refractivity contribution >= 4 is 5.65 Å². The van der Waals surface area contributed by atoms with E-state index in [1.165, 1.54) is 0 Å². The van der Waals surface area contributed by atoms with Gasteiger partial charge in [-0.25, -0.2) is 9.50 Å². The number of rotatable bonds is 6. The zero-order chi connectivity index (χ0) is 20.5. The summed E-state index contributed by atoms with van der Waals surface area (Å²) in [6.07, 6.45) is 1.72. The first kappa shape index (κ1) is 19.5. The van der Waals surface area contributed by atoms with Crippen molar-refractivity contribution in [2.45, 2.75) is 39.2 Å². The normalized spacial score (nSPS) is 17.2. The molecule has 154 valence electrons. The average Bonchev–Trinajstić information content (AvgIpc) is 3.35. The third kappa shape index (κ3) is 3.62. The number of H-pyrrole nitrogens is 1. The summed E-state index contributed by atoms with van der Waals surface area (Å²) >= 11 is 0. The fourth-order valence-corrected chi connectivity index (χ4v) is 4.28. The highest BCUT2D eigenvalue weighted by Crippen LogP contribution is 2.31. The molecule has 0 radical (unpaired) electrons. The molecule has 29 heavy (non-hydrogen) atoms. The first-order valence-corrected chi connectivity index (χ1v) is 10.1. The Morgan fingerprint density at radius 2 is 2.07 bits per heavy atom. The number of aryl methyl sites for hydroxylation is 1. The van der Waals surface area contributed by atoms with Gasteiger partial charge in [0.1, 0.15) is 11.5 Å². The second-order valence-electron chi connectivity index (χ2n) is 7.64. The Bertz CT molecular complexity index is 1090. The summed E-state index contributed by atoms with van der Waals surface area (Å²) < 4.78 is 12.5. The van der Waals surface area contributed by atoms with Crippen molar-refractivity contribution in [3.8, 4) is 11.5 Å². The van der Waals surface area contributed by atoms with Crippen LogP contribution in [0.5, 0.6) is 11.5 Å². The number of hydrogen-bond acceptors (Lipinski definition) is 5. The molecule has 0 bridgehead atoms. The first-order chi connectivity index (χ1) is 14.0. The Kier molecular flexibility index (Phi) is 5.32. The number of methoxy groups -OCH3 is 2. The molecule has 1 aromatic carbocycles. The molecular weight excluding hydrogens is 368 g/mol. The number of ether oxygens (including phenoxy) is 2. The van der Waals surface area contributed by atoms with Gasteiger partial charge in [0.2, 0.25) is 0 Å². The molecule has 7 heteroatoms. The van der Waals surface area contributed by atoms with Gasteiger partial charge in [-0.05, 0) is 44.5 Å². The molecule has 1 saturated heterocycles. The molecule has 1 N–H and O–H groups in total. The van der Waals surface area contributed by atoms with E-state index >= 15 is 0 Å². The van der Waals surface area contributed by atoms with Crippen molar-refractivity contribution in [2.24, 2.45) is 0 Å². The van der Waals surface area contributed by atoms with Gasteiger partial charge in [-0.2, -0.15) is 0 Å². The van der Waals surface area contributed by atoms with Crippen LogP contribution in [0.3, 0.4) is 0 Å². The minimum Gasteiger partial charge on any atom is -0.497 e. The van der Waals surface area contributed by atoms with Gasteiger partial charge in [0.15, 0.2) is 5.65 Å². The van der Waals surface area contributed by atoms with Gasteiger partial charge in [0, 0.05) is 47.6 Å². The lowest BCUT2D eigenvalue weighted by molar-refractivity contribution is 0.315. The minimum absolute atomic E-state index is 0.0113. The zero-order valence-corrected chi connectivity index (χ0v) is 17.5. The molecule has 4 rings (SSSR count). The molecule has 7 nitrogen and oxygen atoms in total. The van der Waals surface area contributed by atoms with Crippen LogP contribution in [0.2, 0.25) is 0 Å². The van der Waals surface area contributed by atoms with Crippen molar-refractivity contribution in [1.82, 2.24) is 19.5 Å². The maximum absolute atomic E-state index is 12.7. The minimum atomic E-state index is 0.0113. The molecule has 0 amide bonds. The summed E-state index contributed by atoms with van der Waals surface area (Å²) in [6.45, 7) is 6.60.